The number of halogens is 5. The molecule has 2 aromatic rings. The van der Waals surface area contributed by atoms with Crippen molar-refractivity contribution in [1.29, 1.82) is 0 Å². The minimum atomic E-state index is -4.20. The van der Waals surface area contributed by atoms with E-state index in [-0.39, 0.29) is 12.3 Å². The fourth-order valence-corrected chi connectivity index (χ4v) is 2.46. The van der Waals surface area contributed by atoms with Crippen LogP contribution in [-0.2, 0) is 0 Å². The van der Waals surface area contributed by atoms with Crippen LogP contribution in [0.5, 0.6) is 11.5 Å². The van der Waals surface area contributed by atoms with Crippen molar-refractivity contribution in [3.05, 3.63) is 48.2 Å². The maximum Gasteiger partial charge on any atom is 0.390 e. The first-order valence-corrected chi connectivity index (χ1v) is 8.38. The Hall–Kier alpha value is -2.07. The van der Waals surface area contributed by atoms with E-state index in [4.69, 9.17) is 4.74 Å². The molecule has 2 rings (SSSR count). The van der Waals surface area contributed by atoms with Gasteiger partial charge in [0.1, 0.15) is 17.3 Å². The van der Waals surface area contributed by atoms with Crippen molar-refractivity contribution in [3.8, 4) is 11.5 Å². The molecular formula is C16H16F5N3OS. The Balaban J connectivity index is 1.87. The van der Waals surface area contributed by atoms with Crippen molar-refractivity contribution in [1.82, 2.24) is 9.29 Å². The van der Waals surface area contributed by atoms with Gasteiger partial charge in [-0.3, -0.25) is 0 Å². The van der Waals surface area contributed by atoms with Crippen LogP contribution in [0.3, 0.4) is 0 Å². The maximum atomic E-state index is 13.1. The van der Waals surface area contributed by atoms with E-state index in [1.54, 1.807) is 19.1 Å². The Morgan fingerprint density at radius 1 is 1.12 bits per heavy atom. The molecule has 0 spiro atoms. The number of nitrogens with zero attached hydrogens (tertiary/aromatic N) is 2. The summed E-state index contributed by atoms with van der Waals surface area (Å²) < 4.78 is 72.5. The summed E-state index contributed by atoms with van der Waals surface area (Å²) in [7, 11) is 0. The number of hydrogen-bond acceptors (Lipinski definition) is 5. The van der Waals surface area contributed by atoms with Gasteiger partial charge in [0.2, 0.25) is 0 Å². The molecule has 0 atom stereocenters. The summed E-state index contributed by atoms with van der Waals surface area (Å²) in [5, 5.41) is 0. The van der Waals surface area contributed by atoms with Gasteiger partial charge >= 0.3 is 6.18 Å². The topological polar surface area (TPSA) is 37.4 Å². The lowest BCUT2D eigenvalue weighted by Crippen LogP contribution is -2.23. The summed E-state index contributed by atoms with van der Waals surface area (Å²) in [6.07, 6.45) is -3.74. The lowest BCUT2D eigenvalue weighted by Gasteiger charge is -2.19. The molecule has 0 saturated carbocycles. The molecule has 1 heterocycles. The second-order valence-corrected chi connectivity index (χ2v) is 6.04. The number of aromatic nitrogens is 1. The standard InChI is InChI=1S/C16H16F5N3OS/c1-2-24(8-7-16(19,20)21)26-23-15-6-4-12(10-22-15)25-11-3-5-13(17)14(18)9-11/h3-6,9-10H,2,7-8H2,1H3,(H,22,23). The molecule has 0 saturated heterocycles. The Kier molecular flexibility index (Phi) is 7.04. The van der Waals surface area contributed by atoms with Gasteiger partial charge in [-0.05, 0) is 24.3 Å². The second kappa shape index (κ2) is 9.04. The van der Waals surface area contributed by atoms with Crippen LogP contribution < -0.4 is 9.46 Å². The average molecular weight is 393 g/mol. The van der Waals surface area contributed by atoms with E-state index >= 15 is 0 Å². The van der Waals surface area contributed by atoms with E-state index in [1.165, 1.54) is 16.6 Å². The maximum absolute atomic E-state index is 13.1. The SMILES string of the molecule is CCN(CCC(F)(F)F)SNc1ccc(Oc2ccc(F)c(F)c2)cn1. The van der Waals surface area contributed by atoms with Gasteiger partial charge in [0.15, 0.2) is 11.6 Å². The van der Waals surface area contributed by atoms with Gasteiger partial charge in [-0.2, -0.15) is 13.2 Å². The van der Waals surface area contributed by atoms with E-state index in [2.05, 4.69) is 9.71 Å². The van der Waals surface area contributed by atoms with E-state index in [9.17, 15) is 22.0 Å². The molecule has 1 aromatic heterocycles. The molecule has 10 heteroatoms. The van der Waals surface area contributed by atoms with E-state index in [0.717, 1.165) is 24.3 Å². The number of rotatable bonds is 8. The van der Waals surface area contributed by atoms with Gasteiger partial charge in [-0.25, -0.2) is 18.1 Å². The molecule has 1 aromatic carbocycles. The van der Waals surface area contributed by atoms with Gasteiger partial charge in [-0.15, -0.1) is 0 Å². The molecule has 0 radical (unpaired) electrons. The Labute approximate surface area is 151 Å². The molecule has 1 N–H and O–H groups in total. The molecule has 0 aliphatic rings. The third kappa shape index (κ3) is 6.68. The number of anilines is 1. The molecule has 142 valence electrons. The Bertz CT molecular complexity index is 712. The molecule has 0 aliphatic heterocycles. The minimum absolute atomic E-state index is 0.116. The van der Waals surface area contributed by atoms with Crippen molar-refractivity contribution < 1.29 is 26.7 Å². The monoisotopic (exact) mass is 393 g/mol. The van der Waals surface area contributed by atoms with Crippen molar-refractivity contribution >= 4 is 18.0 Å². The number of alkyl halides is 3. The normalized spacial score (nSPS) is 11.7. The highest BCUT2D eigenvalue weighted by molar-refractivity contribution is 7.98. The fraction of sp³-hybridized carbons (Fsp3) is 0.312. The highest BCUT2D eigenvalue weighted by Gasteiger charge is 2.27. The average Bonchev–Trinajstić information content (AvgIpc) is 2.59. The van der Waals surface area contributed by atoms with E-state index < -0.39 is 24.2 Å². The molecule has 0 unspecified atom stereocenters. The van der Waals surface area contributed by atoms with Crippen molar-refractivity contribution in [3.63, 3.8) is 0 Å². The van der Waals surface area contributed by atoms with Crippen molar-refractivity contribution in [2.45, 2.75) is 19.5 Å². The third-order valence-electron chi connectivity index (χ3n) is 3.14. The fourth-order valence-electron chi connectivity index (χ4n) is 1.81. The van der Waals surface area contributed by atoms with Gasteiger partial charge in [0.05, 0.1) is 12.6 Å². The summed E-state index contributed by atoms with van der Waals surface area (Å²) in [5.74, 6) is -1.17. The van der Waals surface area contributed by atoms with Gasteiger partial charge in [-0.1, -0.05) is 6.92 Å². The lowest BCUT2D eigenvalue weighted by atomic mass is 10.3. The predicted molar refractivity (Wildman–Crippen MR) is 89.8 cm³/mol. The summed E-state index contributed by atoms with van der Waals surface area (Å²) in [6, 6.07) is 6.24. The summed E-state index contributed by atoms with van der Waals surface area (Å²) in [6.45, 7) is 2.03. The highest BCUT2D eigenvalue weighted by Crippen LogP contribution is 2.25. The smallest absolute Gasteiger partial charge is 0.390 e. The number of pyridine rings is 1. The molecule has 0 amide bonds. The molecule has 4 nitrogen and oxygen atoms in total. The largest absolute Gasteiger partial charge is 0.456 e. The van der Waals surface area contributed by atoms with Crippen LogP contribution in [-0.4, -0.2) is 28.6 Å². The summed E-state index contributed by atoms with van der Waals surface area (Å²) in [4.78, 5) is 4.06. The Morgan fingerprint density at radius 2 is 1.85 bits per heavy atom. The van der Waals surface area contributed by atoms with Gasteiger partial charge in [0, 0.05) is 31.3 Å². The first-order valence-electron chi connectivity index (χ1n) is 7.60. The van der Waals surface area contributed by atoms with Gasteiger partial charge < -0.3 is 9.46 Å². The zero-order valence-corrected chi connectivity index (χ0v) is 14.5. The summed E-state index contributed by atoms with van der Waals surface area (Å²) >= 11 is 1.02. The predicted octanol–water partition coefficient (Wildman–Crippen LogP) is 5.40. The molecule has 0 fully saturated rings. The van der Waals surface area contributed by atoms with Crippen LogP contribution in [0.25, 0.3) is 0 Å². The summed E-state index contributed by atoms with van der Waals surface area (Å²) in [5.41, 5.74) is 0. The van der Waals surface area contributed by atoms with Crippen LogP contribution in [0.2, 0.25) is 0 Å². The van der Waals surface area contributed by atoms with Crippen LogP contribution in [0.1, 0.15) is 13.3 Å². The van der Waals surface area contributed by atoms with Crippen LogP contribution in [0.4, 0.5) is 27.8 Å². The molecule has 0 bridgehead atoms. The number of nitrogens with one attached hydrogen (secondary N) is 1. The quantitative estimate of drug-likeness (QED) is 0.480. The molecule has 26 heavy (non-hydrogen) atoms. The first kappa shape index (κ1) is 20.2. The molecular weight excluding hydrogens is 377 g/mol. The zero-order chi connectivity index (χ0) is 19.2. The molecule has 0 aliphatic carbocycles. The number of ether oxygens (including phenoxy) is 1. The first-order chi connectivity index (χ1) is 12.3. The zero-order valence-electron chi connectivity index (χ0n) is 13.7. The minimum Gasteiger partial charge on any atom is -0.456 e. The lowest BCUT2D eigenvalue weighted by molar-refractivity contribution is -0.135. The highest BCUT2D eigenvalue weighted by atomic mass is 32.2. The second-order valence-electron chi connectivity index (χ2n) is 5.14. The van der Waals surface area contributed by atoms with Gasteiger partial charge in [0.25, 0.3) is 0 Å². The van der Waals surface area contributed by atoms with Crippen molar-refractivity contribution in [2.24, 2.45) is 0 Å². The third-order valence-corrected chi connectivity index (χ3v) is 4.14. The van der Waals surface area contributed by atoms with E-state index in [1.807, 2.05) is 0 Å². The van der Waals surface area contributed by atoms with Crippen molar-refractivity contribution in [2.75, 3.05) is 17.8 Å². The van der Waals surface area contributed by atoms with E-state index in [0.29, 0.717) is 18.1 Å². The van der Waals surface area contributed by atoms with Crippen LogP contribution in [0, 0.1) is 11.6 Å². The Morgan fingerprint density at radius 3 is 2.42 bits per heavy atom. The van der Waals surface area contributed by atoms with Crippen LogP contribution >= 0.6 is 12.1 Å². The number of hydrogen-bond donors (Lipinski definition) is 1. The number of benzene rings is 1. The van der Waals surface area contributed by atoms with Crippen LogP contribution in [0.15, 0.2) is 36.5 Å².